The normalized spacial score (nSPS) is 24.8. The Labute approximate surface area is 140 Å². The summed E-state index contributed by atoms with van der Waals surface area (Å²) < 4.78 is 0. The van der Waals surface area contributed by atoms with Gasteiger partial charge >= 0.3 is 0 Å². The first-order valence-electron chi connectivity index (χ1n) is 8.67. The minimum absolute atomic E-state index is 0.0386. The first-order chi connectivity index (χ1) is 10.7. The Hall–Kier alpha value is -1.54. The molecule has 0 radical (unpaired) electrons. The molecular formula is C18H30N4O. The summed E-state index contributed by atoms with van der Waals surface area (Å²) in [5, 5.41) is 16.3. The van der Waals surface area contributed by atoms with Crippen LogP contribution in [0.4, 0.5) is 0 Å². The average molecular weight is 318 g/mol. The lowest BCUT2D eigenvalue weighted by Crippen LogP contribution is -2.61. The zero-order chi connectivity index (χ0) is 17.1. The molecule has 2 fully saturated rings. The fourth-order valence-corrected chi connectivity index (χ4v) is 4.05. The van der Waals surface area contributed by atoms with Crippen molar-refractivity contribution in [1.29, 1.82) is 5.26 Å². The van der Waals surface area contributed by atoms with E-state index in [2.05, 4.69) is 44.4 Å². The minimum atomic E-state index is -0.132. The molecule has 5 nitrogen and oxygen atoms in total. The highest BCUT2D eigenvalue weighted by Gasteiger charge is 2.37. The molecule has 5 heteroatoms. The molecule has 2 saturated heterocycles. The van der Waals surface area contributed by atoms with E-state index in [-0.39, 0.29) is 28.6 Å². The summed E-state index contributed by atoms with van der Waals surface area (Å²) in [6, 6.07) is 2.33. The van der Waals surface area contributed by atoms with Crippen LogP contribution in [0.2, 0.25) is 0 Å². The van der Waals surface area contributed by atoms with Crippen LogP contribution in [0.15, 0.2) is 11.8 Å². The van der Waals surface area contributed by atoms with E-state index in [0.717, 1.165) is 38.8 Å². The first kappa shape index (κ1) is 17.8. The van der Waals surface area contributed by atoms with Gasteiger partial charge in [-0.05, 0) is 59.8 Å². The fraction of sp³-hybridized carbons (Fsp3) is 0.778. The van der Waals surface area contributed by atoms with Crippen LogP contribution in [0.1, 0.15) is 59.8 Å². The SMILES string of the molecule is CC1(C)CC(N/C=C(/C#N)C(=O)N2CCCCC2)CC(C)(C)N1. The Bertz CT molecular complexity index is 494. The van der Waals surface area contributed by atoms with E-state index >= 15 is 0 Å². The number of likely N-dealkylation sites (tertiary alicyclic amines) is 1. The van der Waals surface area contributed by atoms with E-state index in [1.807, 2.05) is 0 Å². The van der Waals surface area contributed by atoms with E-state index in [0.29, 0.717) is 0 Å². The Morgan fingerprint density at radius 1 is 1.17 bits per heavy atom. The number of carbonyl (C=O) groups excluding carboxylic acids is 1. The second-order valence-corrected chi connectivity index (χ2v) is 8.19. The Morgan fingerprint density at radius 2 is 1.74 bits per heavy atom. The van der Waals surface area contributed by atoms with Gasteiger partial charge in [0.1, 0.15) is 11.6 Å². The molecule has 2 aliphatic rings. The lowest BCUT2D eigenvalue weighted by molar-refractivity contribution is -0.127. The monoisotopic (exact) mass is 318 g/mol. The summed E-state index contributed by atoms with van der Waals surface area (Å²) in [5.41, 5.74) is 0.300. The van der Waals surface area contributed by atoms with E-state index in [1.54, 1.807) is 11.1 Å². The molecule has 2 N–H and O–H groups in total. The number of rotatable bonds is 3. The van der Waals surface area contributed by atoms with E-state index in [4.69, 9.17) is 0 Å². The smallest absolute Gasteiger partial charge is 0.265 e. The van der Waals surface area contributed by atoms with Crippen molar-refractivity contribution in [3.8, 4) is 6.07 Å². The van der Waals surface area contributed by atoms with E-state index in [9.17, 15) is 10.1 Å². The average Bonchev–Trinajstić information content (AvgIpc) is 2.45. The number of hydrogen-bond acceptors (Lipinski definition) is 4. The molecule has 0 atom stereocenters. The summed E-state index contributed by atoms with van der Waals surface area (Å²) in [5.74, 6) is -0.132. The van der Waals surface area contributed by atoms with Crippen LogP contribution in [0.5, 0.6) is 0 Å². The molecular weight excluding hydrogens is 288 g/mol. The number of carbonyl (C=O) groups is 1. The van der Waals surface area contributed by atoms with Crippen LogP contribution < -0.4 is 10.6 Å². The standard InChI is InChI=1S/C18H30N4O/c1-17(2)10-15(11-18(3,4)21-17)20-13-14(12-19)16(23)22-8-6-5-7-9-22/h13,15,20-21H,5-11H2,1-4H3/b14-13-. The summed E-state index contributed by atoms with van der Waals surface area (Å²) in [6.45, 7) is 10.3. The van der Waals surface area contributed by atoms with Crippen molar-refractivity contribution in [3.63, 3.8) is 0 Å². The zero-order valence-electron chi connectivity index (χ0n) is 14.9. The van der Waals surface area contributed by atoms with Crippen molar-refractivity contribution in [2.24, 2.45) is 0 Å². The van der Waals surface area contributed by atoms with Gasteiger partial charge in [-0.2, -0.15) is 5.26 Å². The molecule has 0 unspecified atom stereocenters. The molecule has 0 aliphatic carbocycles. The summed E-state index contributed by atoms with van der Waals surface area (Å²) in [7, 11) is 0. The number of amides is 1. The van der Waals surface area contributed by atoms with E-state index < -0.39 is 0 Å². The molecule has 2 heterocycles. The Kier molecular flexibility index (Phi) is 5.36. The van der Waals surface area contributed by atoms with Crippen molar-refractivity contribution >= 4 is 5.91 Å². The molecule has 0 bridgehead atoms. The van der Waals surface area contributed by atoms with Gasteiger partial charge < -0.3 is 15.5 Å². The maximum atomic E-state index is 12.4. The second-order valence-electron chi connectivity index (χ2n) is 8.19. The number of nitriles is 1. The molecule has 0 aromatic rings. The first-order valence-corrected chi connectivity index (χ1v) is 8.67. The molecule has 1 amide bonds. The molecule has 0 aromatic heterocycles. The molecule has 0 spiro atoms. The van der Waals surface area contributed by atoms with Gasteiger partial charge in [-0.3, -0.25) is 4.79 Å². The largest absolute Gasteiger partial charge is 0.387 e. The van der Waals surface area contributed by atoms with Gasteiger partial charge in [0, 0.05) is 36.4 Å². The number of nitrogens with one attached hydrogen (secondary N) is 2. The van der Waals surface area contributed by atoms with E-state index in [1.165, 1.54) is 6.42 Å². The highest BCUT2D eigenvalue weighted by atomic mass is 16.2. The topological polar surface area (TPSA) is 68.2 Å². The Balaban J connectivity index is 2.01. The third-order valence-electron chi connectivity index (χ3n) is 4.65. The van der Waals surface area contributed by atoms with Gasteiger partial charge in [-0.1, -0.05) is 0 Å². The number of piperidine rings is 2. The van der Waals surface area contributed by atoms with Gasteiger partial charge in [0.25, 0.3) is 5.91 Å². The van der Waals surface area contributed by atoms with Crippen molar-refractivity contribution in [3.05, 3.63) is 11.8 Å². The molecule has 23 heavy (non-hydrogen) atoms. The quantitative estimate of drug-likeness (QED) is 0.619. The van der Waals surface area contributed by atoms with Crippen LogP contribution in [0.25, 0.3) is 0 Å². The lowest BCUT2D eigenvalue weighted by Gasteiger charge is -2.46. The fourth-order valence-electron chi connectivity index (χ4n) is 4.05. The van der Waals surface area contributed by atoms with Crippen molar-refractivity contribution in [1.82, 2.24) is 15.5 Å². The number of nitrogens with zero attached hydrogens (tertiary/aromatic N) is 2. The van der Waals surface area contributed by atoms with Crippen molar-refractivity contribution < 1.29 is 4.79 Å². The molecule has 2 aliphatic heterocycles. The lowest BCUT2D eigenvalue weighted by atomic mass is 9.79. The minimum Gasteiger partial charge on any atom is -0.387 e. The third-order valence-corrected chi connectivity index (χ3v) is 4.65. The van der Waals surface area contributed by atoms with Crippen LogP contribution in [-0.2, 0) is 4.79 Å². The van der Waals surface area contributed by atoms with Crippen molar-refractivity contribution in [2.75, 3.05) is 13.1 Å². The zero-order valence-corrected chi connectivity index (χ0v) is 14.9. The predicted molar refractivity (Wildman–Crippen MR) is 91.6 cm³/mol. The van der Waals surface area contributed by atoms with Gasteiger partial charge in [0.05, 0.1) is 0 Å². The van der Waals surface area contributed by atoms with Crippen LogP contribution in [0.3, 0.4) is 0 Å². The maximum Gasteiger partial charge on any atom is 0.265 e. The highest BCUT2D eigenvalue weighted by molar-refractivity contribution is 5.97. The predicted octanol–water partition coefficient (Wildman–Crippen LogP) is 2.31. The molecule has 2 rings (SSSR count). The van der Waals surface area contributed by atoms with Gasteiger partial charge in [-0.15, -0.1) is 0 Å². The van der Waals surface area contributed by atoms with Crippen LogP contribution in [-0.4, -0.2) is 41.0 Å². The van der Waals surface area contributed by atoms with Gasteiger partial charge in [0.2, 0.25) is 0 Å². The molecule has 0 saturated carbocycles. The van der Waals surface area contributed by atoms with Crippen LogP contribution in [0, 0.1) is 11.3 Å². The summed E-state index contributed by atoms with van der Waals surface area (Å²) in [6.07, 6.45) is 6.81. The highest BCUT2D eigenvalue weighted by Crippen LogP contribution is 2.28. The second kappa shape index (κ2) is 6.92. The molecule has 128 valence electrons. The third kappa shape index (κ3) is 4.97. The Morgan fingerprint density at radius 3 is 2.26 bits per heavy atom. The van der Waals surface area contributed by atoms with Crippen LogP contribution >= 0.6 is 0 Å². The number of hydrogen-bond donors (Lipinski definition) is 2. The van der Waals surface area contributed by atoms with Gasteiger partial charge in [0.15, 0.2) is 0 Å². The van der Waals surface area contributed by atoms with Crippen molar-refractivity contribution in [2.45, 2.75) is 76.9 Å². The summed E-state index contributed by atoms with van der Waals surface area (Å²) >= 11 is 0. The maximum absolute atomic E-state index is 12.4. The van der Waals surface area contributed by atoms with Gasteiger partial charge in [-0.25, -0.2) is 0 Å². The summed E-state index contributed by atoms with van der Waals surface area (Å²) in [4.78, 5) is 14.2. The molecule has 0 aromatic carbocycles.